The fourth-order valence-corrected chi connectivity index (χ4v) is 2.41. The maximum absolute atomic E-state index is 4.75. The van der Waals surface area contributed by atoms with E-state index >= 15 is 0 Å². The summed E-state index contributed by atoms with van der Waals surface area (Å²) in [5, 5.41) is 3.34. The largest absolute Gasteiger partial charge is 0.370 e. The van der Waals surface area contributed by atoms with Crippen molar-refractivity contribution in [3.05, 3.63) is 35.3 Å². The highest BCUT2D eigenvalue weighted by atomic mass is 15.1. The Labute approximate surface area is 126 Å². The third-order valence-corrected chi connectivity index (χ3v) is 3.58. The van der Waals surface area contributed by atoms with Crippen LogP contribution in [-0.4, -0.2) is 26.1 Å². The minimum atomic E-state index is 0.754. The number of aryl methyl sites for hydroxylation is 2. The Hall–Kier alpha value is -1.91. The van der Waals surface area contributed by atoms with Crippen LogP contribution in [0.2, 0.25) is 0 Å². The van der Waals surface area contributed by atoms with Crippen LogP contribution in [0.1, 0.15) is 50.1 Å². The molecule has 21 heavy (non-hydrogen) atoms. The summed E-state index contributed by atoms with van der Waals surface area (Å²) in [6.45, 7) is 10.3. The first-order chi connectivity index (χ1) is 10.2. The molecule has 0 aliphatic heterocycles. The van der Waals surface area contributed by atoms with Crippen LogP contribution in [0.4, 0.5) is 5.82 Å². The lowest BCUT2D eigenvalue weighted by Crippen LogP contribution is -2.11. The fraction of sp³-hybridized carbons (Fsp3) is 0.562. The second-order valence-electron chi connectivity index (χ2n) is 5.15. The predicted molar refractivity (Wildman–Crippen MR) is 85.6 cm³/mol. The van der Waals surface area contributed by atoms with Crippen LogP contribution in [0.15, 0.2) is 12.4 Å². The van der Waals surface area contributed by atoms with Crippen molar-refractivity contribution >= 4 is 5.82 Å². The lowest BCUT2D eigenvalue weighted by molar-refractivity contribution is 0.703. The van der Waals surface area contributed by atoms with Gasteiger partial charge in [-0.05, 0) is 27.2 Å². The van der Waals surface area contributed by atoms with Crippen molar-refractivity contribution in [2.45, 2.75) is 53.5 Å². The first-order valence-corrected chi connectivity index (χ1v) is 7.79. The van der Waals surface area contributed by atoms with E-state index in [2.05, 4.69) is 47.5 Å². The van der Waals surface area contributed by atoms with Gasteiger partial charge in [0.2, 0.25) is 0 Å². The van der Waals surface area contributed by atoms with E-state index in [0.717, 1.165) is 61.1 Å². The van der Waals surface area contributed by atoms with E-state index in [4.69, 9.17) is 4.98 Å². The van der Waals surface area contributed by atoms with Gasteiger partial charge in [-0.25, -0.2) is 15.0 Å². The van der Waals surface area contributed by atoms with Gasteiger partial charge in [-0.1, -0.05) is 6.92 Å². The van der Waals surface area contributed by atoms with Crippen LogP contribution in [0, 0.1) is 6.92 Å². The Bertz CT molecular complexity index is 588. The standard InChI is InChI=1S/C16H25N5/c1-5-8-14-19-13(12(4)16(20-14)17-6-2)11-15-18-9-10-21(15)7-3/h9-10H,5-8,11H2,1-4H3,(H,17,19,20). The third-order valence-electron chi connectivity index (χ3n) is 3.58. The van der Waals surface area contributed by atoms with Crippen LogP contribution < -0.4 is 5.32 Å². The molecule has 0 radical (unpaired) electrons. The lowest BCUT2D eigenvalue weighted by Gasteiger charge is -2.13. The van der Waals surface area contributed by atoms with Gasteiger partial charge in [-0.3, -0.25) is 0 Å². The Morgan fingerprint density at radius 1 is 1.19 bits per heavy atom. The van der Waals surface area contributed by atoms with E-state index < -0.39 is 0 Å². The van der Waals surface area contributed by atoms with E-state index in [1.807, 2.05) is 12.4 Å². The van der Waals surface area contributed by atoms with Gasteiger partial charge in [0, 0.05) is 43.9 Å². The number of nitrogens with zero attached hydrogens (tertiary/aromatic N) is 4. The molecule has 5 nitrogen and oxygen atoms in total. The topological polar surface area (TPSA) is 55.6 Å². The molecule has 2 heterocycles. The number of hydrogen-bond acceptors (Lipinski definition) is 4. The van der Waals surface area contributed by atoms with E-state index in [0.29, 0.717) is 0 Å². The summed E-state index contributed by atoms with van der Waals surface area (Å²) in [4.78, 5) is 13.8. The maximum atomic E-state index is 4.75. The van der Waals surface area contributed by atoms with Gasteiger partial charge < -0.3 is 9.88 Å². The smallest absolute Gasteiger partial charge is 0.132 e. The zero-order valence-corrected chi connectivity index (χ0v) is 13.5. The van der Waals surface area contributed by atoms with Crippen molar-refractivity contribution in [3.63, 3.8) is 0 Å². The molecule has 0 amide bonds. The average molecular weight is 287 g/mol. The Kier molecular flexibility index (Phi) is 5.31. The molecule has 0 aromatic carbocycles. The molecule has 0 saturated carbocycles. The van der Waals surface area contributed by atoms with Crippen LogP contribution in [0.5, 0.6) is 0 Å². The Morgan fingerprint density at radius 3 is 2.67 bits per heavy atom. The molecule has 0 aliphatic rings. The zero-order valence-electron chi connectivity index (χ0n) is 13.5. The maximum Gasteiger partial charge on any atom is 0.132 e. The molecule has 114 valence electrons. The Morgan fingerprint density at radius 2 is 2.00 bits per heavy atom. The van der Waals surface area contributed by atoms with E-state index in [1.54, 1.807) is 0 Å². The molecular weight excluding hydrogens is 262 g/mol. The zero-order chi connectivity index (χ0) is 15.2. The minimum Gasteiger partial charge on any atom is -0.370 e. The molecule has 0 fully saturated rings. The molecular formula is C16H25N5. The Balaban J connectivity index is 2.36. The van der Waals surface area contributed by atoms with Gasteiger partial charge >= 0.3 is 0 Å². The number of nitrogens with one attached hydrogen (secondary N) is 1. The number of rotatable bonds is 7. The highest BCUT2D eigenvalue weighted by Crippen LogP contribution is 2.19. The molecule has 5 heteroatoms. The molecule has 0 unspecified atom stereocenters. The fourth-order valence-electron chi connectivity index (χ4n) is 2.41. The minimum absolute atomic E-state index is 0.754. The van der Waals surface area contributed by atoms with Gasteiger partial charge in [0.15, 0.2) is 0 Å². The highest BCUT2D eigenvalue weighted by molar-refractivity contribution is 5.46. The molecule has 1 N–H and O–H groups in total. The molecule has 2 rings (SSSR count). The summed E-state index contributed by atoms with van der Waals surface area (Å²) >= 11 is 0. The second kappa shape index (κ2) is 7.20. The lowest BCUT2D eigenvalue weighted by atomic mass is 10.1. The quantitative estimate of drug-likeness (QED) is 0.850. The van der Waals surface area contributed by atoms with Crippen LogP contribution in [0.3, 0.4) is 0 Å². The number of imidazole rings is 1. The molecule has 2 aromatic heterocycles. The summed E-state index contributed by atoms with van der Waals surface area (Å²) in [5.41, 5.74) is 2.20. The van der Waals surface area contributed by atoms with Crippen molar-refractivity contribution in [3.8, 4) is 0 Å². The monoisotopic (exact) mass is 287 g/mol. The van der Waals surface area contributed by atoms with E-state index in [1.165, 1.54) is 0 Å². The molecule has 0 atom stereocenters. The summed E-state index contributed by atoms with van der Waals surface area (Å²) in [5.74, 6) is 2.94. The van der Waals surface area contributed by atoms with Gasteiger partial charge in [-0.2, -0.15) is 0 Å². The van der Waals surface area contributed by atoms with Crippen molar-refractivity contribution in [2.24, 2.45) is 0 Å². The number of anilines is 1. The summed E-state index contributed by atoms with van der Waals surface area (Å²) < 4.78 is 2.16. The van der Waals surface area contributed by atoms with Gasteiger partial charge in [0.05, 0.1) is 5.69 Å². The normalized spacial score (nSPS) is 10.9. The van der Waals surface area contributed by atoms with Crippen LogP contribution in [0.25, 0.3) is 0 Å². The third kappa shape index (κ3) is 3.60. The predicted octanol–water partition coefficient (Wildman–Crippen LogP) is 2.98. The molecule has 0 saturated heterocycles. The van der Waals surface area contributed by atoms with Crippen LogP contribution >= 0.6 is 0 Å². The van der Waals surface area contributed by atoms with E-state index in [9.17, 15) is 0 Å². The molecule has 0 aliphatic carbocycles. The molecule has 0 spiro atoms. The molecule has 0 bridgehead atoms. The van der Waals surface area contributed by atoms with Crippen molar-refractivity contribution in [2.75, 3.05) is 11.9 Å². The summed E-state index contributed by atoms with van der Waals surface area (Å²) in [6.07, 6.45) is 6.59. The SMILES string of the molecule is CCCc1nc(Cc2nccn2CC)c(C)c(NCC)n1. The summed E-state index contributed by atoms with van der Waals surface area (Å²) in [7, 11) is 0. The van der Waals surface area contributed by atoms with Gasteiger partial charge in [0.1, 0.15) is 17.5 Å². The summed E-state index contributed by atoms with van der Waals surface area (Å²) in [6, 6.07) is 0. The van der Waals surface area contributed by atoms with Crippen molar-refractivity contribution < 1.29 is 0 Å². The van der Waals surface area contributed by atoms with Gasteiger partial charge in [-0.15, -0.1) is 0 Å². The van der Waals surface area contributed by atoms with Crippen LogP contribution in [-0.2, 0) is 19.4 Å². The number of hydrogen-bond donors (Lipinski definition) is 1. The second-order valence-corrected chi connectivity index (χ2v) is 5.15. The van der Waals surface area contributed by atoms with Crippen molar-refractivity contribution in [1.82, 2.24) is 19.5 Å². The highest BCUT2D eigenvalue weighted by Gasteiger charge is 2.13. The molecule has 2 aromatic rings. The first-order valence-electron chi connectivity index (χ1n) is 7.79. The number of aromatic nitrogens is 4. The van der Waals surface area contributed by atoms with E-state index in [-0.39, 0.29) is 0 Å². The van der Waals surface area contributed by atoms with Crippen molar-refractivity contribution in [1.29, 1.82) is 0 Å². The average Bonchev–Trinajstić information content (AvgIpc) is 2.91. The first kappa shape index (κ1) is 15.5. The van der Waals surface area contributed by atoms with Gasteiger partial charge in [0.25, 0.3) is 0 Å².